The molecule has 4 unspecified atom stereocenters. The average Bonchev–Trinajstić information content (AvgIpc) is 3.40. The predicted molar refractivity (Wildman–Crippen MR) is 147 cm³/mol. The molecule has 2 aromatic carbocycles. The van der Waals surface area contributed by atoms with Crippen LogP contribution in [0, 0.1) is 5.92 Å². The molecule has 2 N–H and O–H groups in total. The molecule has 0 spiro atoms. The number of hydrogen-bond donors (Lipinski definition) is 2. The Bertz CT molecular complexity index is 1360. The fourth-order valence-electron chi connectivity index (χ4n) is 4.44. The zero-order valence-corrected chi connectivity index (χ0v) is 22.6. The van der Waals surface area contributed by atoms with Crippen LogP contribution in [0.2, 0.25) is 0 Å². The number of aromatic nitrogens is 4. The van der Waals surface area contributed by atoms with Crippen molar-refractivity contribution in [2.24, 2.45) is 13.0 Å². The van der Waals surface area contributed by atoms with Gasteiger partial charge in [-0.25, -0.2) is 0 Å². The summed E-state index contributed by atoms with van der Waals surface area (Å²) in [6.45, 7) is 2.53. The molecule has 1 aliphatic heterocycles. The topological polar surface area (TPSA) is 111 Å². The Morgan fingerprint density at radius 3 is 2.46 bits per heavy atom. The maximum absolute atomic E-state index is 12.4. The van der Waals surface area contributed by atoms with Crippen LogP contribution in [0.1, 0.15) is 51.9 Å². The van der Waals surface area contributed by atoms with Gasteiger partial charge in [0.25, 0.3) is 5.91 Å². The number of nitrogens with zero attached hydrogens (tertiary/aromatic N) is 4. The molecule has 3 heterocycles. The third-order valence-corrected chi connectivity index (χ3v) is 7.92. The number of pyridine rings is 1. The number of aliphatic hydroxyl groups is 1. The molecule has 39 heavy (non-hydrogen) atoms. The summed E-state index contributed by atoms with van der Waals surface area (Å²) in [7, 11) is 1.92. The van der Waals surface area contributed by atoms with E-state index in [1.807, 2.05) is 60.1 Å². The largest absolute Gasteiger partial charge is 0.392 e. The first kappa shape index (κ1) is 27.0. The zero-order valence-electron chi connectivity index (χ0n) is 21.8. The van der Waals surface area contributed by atoms with Crippen molar-refractivity contribution in [3.63, 3.8) is 0 Å². The summed E-state index contributed by atoms with van der Waals surface area (Å²) in [5.41, 5.74) is 4.28. The Morgan fingerprint density at radius 2 is 1.79 bits per heavy atom. The number of benzene rings is 2. The standard InChI is InChI=1S/C29H31N5O4S/c1-19-25(17-39-29-33-32-18-34(29)2)37-28(38-26(19)22-9-7-21(16-35)8-10-22)23-11-5-20(6-12-23)14-31-27(36)24-4-3-13-30-15-24/h3-13,15,18-19,25-26,28,35H,14,16-17H2,1-2H3,(H,31,36). The molecule has 9 nitrogen and oxygen atoms in total. The van der Waals surface area contributed by atoms with Crippen LogP contribution >= 0.6 is 11.8 Å². The van der Waals surface area contributed by atoms with Crippen LogP contribution in [-0.4, -0.2) is 42.6 Å². The smallest absolute Gasteiger partial charge is 0.253 e. The second kappa shape index (κ2) is 12.5. The maximum atomic E-state index is 12.4. The molecule has 1 aliphatic rings. The van der Waals surface area contributed by atoms with Crippen molar-refractivity contribution in [3.05, 3.63) is 107 Å². The van der Waals surface area contributed by atoms with Gasteiger partial charge >= 0.3 is 0 Å². The van der Waals surface area contributed by atoms with Gasteiger partial charge in [-0.2, -0.15) is 0 Å². The average molecular weight is 546 g/mol. The zero-order chi connectivity index (χ0) is 27.2. The molecule has 2 aromatic heterocycles. The molecule has 10 heteroatoms. The molecule has 4 atom stereocenters. The number of carbonyl (C=O) groups is 1. The van der Waals surface area contributed by atoms with Gasteiger partial charge in [-0.15, -0.1) is 10.2 Å². The van der Waals surface area contributed by atoms with Gasteiger partial charge in [-0.3, -0.25) is 9.78 Å². The first-order chi connectivity index (χ1) is 19.0. The highest BCUT2D eigenvalue weighted by molar-refractivity contribution is 7.99. The number of thioether (sulfide) groups is 1. The Morgan fingerprint density at radius 1 is 1.05 bits per heavy atom. The van der Waals surface area contributed by atoms with E-state index in [1.54, 1.807) is 42.6 Å². The van der Waals surface area contributed by atoms with Crippen molar-refractivity contribution >= 4 is 17.7 Å². The summed E-state index contributed by atoms with van der Waals surface area (Å²) < 4.78 is 14.9. The van der Waals surface area contributed by atoms with Gasteiger partial charge in [-0.05, 0) is 28.8 Å². The summed E-state index contributed by atoms with van der Waals surface area (Å²) in [6, 6.07) is 19.2. The maximum Gasteiger partial charge on any atom is 0.253 e. The van der Waals surface area contributed by atoms with Crippen LogP contribution in [0.25, 0.3) is 0 Å². The van der Waals surface area contributed by atoms with Crippen LogP contribution < -0.4 is 5.32 Å². The highest BCUT2D eigenvalue weighted by Gasteiger charge is 2.38. The highest BCUT2D eigenvalue weighted by Crippen LogP contribution is 2.42. The van der Waals surface area contributed by atoms with Crippen LogP contribution in [0.4, 0.5) is 0 Å². The Hall–Kier alpha value is -3.57. The Labute approximate surface area is 231 Å². The molecule has 1 fully saturated rings. The number of ether oxygens (including phenoxy) is 2. The number of rotatable bonds is 9. The second-order valence-corrected chi connectivity index (χ2v) is 10.5. The van der Waals surface area contributed by atoms with Crippen LogP contribution in [-0.2, 0) is 29.7 Å². The van der Waals surface area contributed by atoms with Crippen molar-refractivity contribution in [1.82, 2.24) is 25.1 Å². The van der Waals surface area contributed by atoms with Crippen LogP contribution in [0.5, 0.6) is 0 Å². The third kappa shape index (κ3) is 6.54. The quantitative estimate of drug-likeness (QED) is 0.301. The first-order valence-corrected chi connectivity index (χ1v) is 13.7. The molecule has 4 aromatic rings. The van der Waals surface area contributed by atoms with E-state index in [-0.39, 0.29) is 30.6 Å². The molecule has 0 radical (unpaired) electrons. The van der Waals surface area contributed by atoms with Gasteiger partial charge in [0, 0.05) is 43.2 Å². The lowest BCUT2D eigenvalue weighted by molar-refractivity contribution is -0.268. The number of amides is 1. The molecular weight excluding hydrogens is 514 g/mol. The SMILES string of the molecule is CC1C(CSc2nncn2C)OC(c2ccc(CNC(=O)c3cccnc3)cc2)OC1c1ccc(CO)cc1. The van der Waals surface area contributed by atoms with Gasteiger partial charge in [-0.1, -0.05) is 67.2 Å². The number of hydrogen-bond acceptors (Lipinski definition) is 8. The first-order valence-electron chi connectivity index (χ1n) is 12.8. The monoisotopic (exact) mass is 545 g/mol. The molecule has 202 valence electrons. The van der Waals surface area contributed by atoms with Gasteiger partial charge in [0.05, 0.1) is 24.4 Å². The lowest BCUT2D eigenvalue weighted by atomic mass is 9.91. The fourth-order valence-corrected chi connectivity index (χ4v) is 5.50. The van der Waals surface area contributed by atoms with Gasteiger partial charge < -0.3 is 24.5 Å². The number of aliphatic hydroxyl groups excluding tert-OH is 1. The van der Waals surface area contributed by atoms with Crippen LogP contribution in [0.15, 0.2) is 84.5 Å². The summed E-state index contributed by atoms with van der Waals surface area (Å²) in [6.07, 6.45) is 4.01. The van der Waals surface area contributed by atoms with E-state index in [9.17, 15) is 9.90 Å². The van der Waals surface area contributed by atoms with Gasteiger partial charge in [0.1, 0.15) is 6.33 Å². The number of nitrogens with one attached hydrogen (secondary N) is 1. The number of carbonyl (C=O) groups excluding carboxylic acids is 1. The van der Waals surface area contributed by atoms with E-state index in [1.165, 1.54) is 0 Å². The summed E-state index contributed by atoms with van der Waals surface area (Å²) in [4.78, 5) is 16.4. The summed E-state index contributed by atoms with van der Waals surface area (Å²) in [5.74, 6) is 0.597. The minimum absolute atomic E-state index is 0.000894. The summed E-state index contributed by atoms with van der Waals surface area (Å²) in [5, 5.41) is 21.4. The Kier molecular flexibility index (Phi) is 8.67. The molecular formula is C29H31N5O4S. The van der Waals surface area contributed by atoms with Crippen molar-refractivity contribution in [1.29, 1.82) is 0 Å². The number of aryl methyl sites for hydroxylation is 1. The van der Waals surface area contributed by atoms with Crippen LogP contribution in [0.3, 0.4) is 0 Å². The van der Waals surface area contributed by atoms with E-state index in [4.69, 9.17) is 9.47 Å². The highest BCUT2D eigenvalue weighted by atomic mass is 32.2. The fraction of sp³-hybridized carbons (Fsp3) is 0.310. The van der Waals surface area contributed by atoms with E-state index in [2.05, 4.69) is 27.4 Å². The lowest BCUT2D eigenvalue weighted by Gasteiger charge is -2.41. The van der Waals surface area contributed by atoms with E-state index in [0.29, 0.717) is 17.9 Å². The van der Waals surface area contributed by atoms with E-state index in [0.717, 1.165) is 27.4 Å². The molecule has 0 bridgehead atoms. The van der Waals surface area contributed by atoms with E-state index < -0.39 is 6.29 Å². The van der Waals surface area contributed by atoms with Gasteiger partial charge in [0.2, 0.25) is 0 Å². The third-order valence-electron chi connectivity index (χ3n) is 6.80. The molecule has 0 saturated carbocycles. The second-order valence-electron chi connectivity index (χ2n) is 9.52. The predicted octanol–water partition coefficient (Wildman–Crippen LogP) is 4.22. The lowest BCUT2D eigenvalue weighted by Crippen LogP contribution is -2.38. The minimum Gasteiger partial charge on any atom is -0.392 e. The summed E-state index contributed by atoms with van der Waals surface area (Å²) >= 11 is 1.61. The normalized spacial score (nSPS) is 21.0. The molecule has 1 amide bonds. The Balaban J connectivity index is 1.30. The molecule has 1 saturated heterocycles. The molecule has 0 aliphatic carbocycles. The van der Waals surface area contributed by atoms with E-state index >= 15 is 0 Å². The van der Waals surface area contributed by atoms with Gasteiger partial charge in [0.15, 0.2) is 11.4 Å². The van der Waals surface area contributed by atoms with Crippen molar-refractivity contribution in [2.75, 3.05) is 5.75 Å². The van der Waals surface area contributed by atoms with Crippen molar-refractivity contribution in [2.45, 2.75) is 43.7 Å². The van der Waals surface area contributed by atoms with Crippen molar-refractivity contribution in [3.8, 4) is 0 Å². The minimum atomic E-state index is -0.562. The molecule has 5 rings (SSSR count). The van der Waals surface area contributed by atoms with Crippen molar-refractivity contribution < 1.29 is 19.4 Å².